The molecule has 0 fully saturated rings. The Labute approximate surface area is 98.5 Å². The standard InChI is InChI=1S/C11H13N5O/c1-7-3-4-9(10(12)13)11(15-7)17-8-5-14-16(2)6-8/h3-6H,1-2H3,(H3,12,13). The van der Waals surface area contributed by atoms with E-state index in [4.69, 9.17) is 15.9 Å². The highest BCUT2D eigenvalue weighted by atomic mass is 16.5. The molecule has 0 saturated carbocycles. The molecule has 88 valence electrons. The van der Waals surface area contributed by atoms with E-state index < -0.39 is 0 Å². The van der Waals surface area contributed by atoms with Crippen molar-refractivity contribution < 1.29 is 4.74 Å². The first-order valence-electron chi connectivity index (χ1n) is 5.05. The van der Waals surface area contributed by atoms with Crippen molar-refractivity contribution in [2.75, 3.05) is 0 Å². The normalized spacial score (nSPS) is 10.2. The van der Waals surface area contributed by atoms with Crippen molar-refractivity contribution in [3.63, 3.8) is 0 Å². The molecule has 0 amide bonds. The van der Waals surface area contributed by atoms with E-state index in [1.165, 1.54) is 0 Å². The molecule has 6 heteroatoms. The number of amidine groups is 1. The molecule has 0 bridgehead atoms. The maximum absolute atomic E-state index is 7.45. The fraction of sp³-hybridized carbons (Fsp3) is 0.182. The highest BCUT2D eigenvalue weighted by molar-refractivity contribution is 5.97. The lowest BCUT2D eigenvalue weighted by atomic mass is 10.2. The zero-order valence-electron chi connectivity index (χ0n) is 9.64. The summed E-state index contributed by atoms with van der Waals surface area (Å²) in [5, 5.41) is 11.4. The zero-order valence-corrected chi connectivity index (χ0v) is 9.64. The largest absolute Gasteiger partial charge is 0.435 e. The minimum absolute atomic E-state index is 0.0728. The van der Waals surface area contributed by atoms with Crippen molar-refractivity contribution in [1.82, 2.24) is 14.8 Å². The van der Waals surface area contributed by atoms with Crippen molar-refractivity contribution in [1.29, 1.82) is 5.41 Å². The monoisotopic (exact) mass is 231 g/mol. The van der Waals surface area contributed by atoms with Crippen LogP contribution in [0, 0.1) is 12.3 Å². The topological polar surface area (TPSA) is 89.8 Å². The van der Waals surface area contributed by atoms with Gasteiger partial charge in [-0.2, -0.15) is 5.10 Å². The molecular weight excluding hydrogens is 218 g/mol. The molecule has 0 saturated heterocycles. The Morgan fingerprint density at radius 2 is 2.24 bits per heavy atom. The highest BCUT2D eigenvalue weighted by Gasteiger charge is 2.10. The summed E-state index contributed by atoms with van der Waals surface area (Å²) in [5.74, 6) is 0.815. The smallest absolute Gasteiger partial charge is 0.230 e. The van der Waals surface area contributed by atoms with E-state index in [0.717, 1.165) is 5.69 Å². The van der Waals surface area contributed by atoms with Gasteiger partial charge in [0.15, 0.2) is 5.75 Å². The van der Waals surface area contributed by atoms with Crippen molar-refractivity contribution in [2.24, 2.45) is 12.8 Å². The van der Waals surface area contributed by atoms with Crippen molar-refractivity contribution >= 4 is 5.84 Å². The van der Waals surface area contributed by atoms with Crippen LogP contribution in [0.3, 0.4) is 0 Å². The number of pyridine rings is 1. The Morgan fingerprint density at radius 3 is 2.82 bits per heavy atom. The van der Waals surface area contributed by atoms with Crippen LogP contribution in [0.25, 0.3) is 0 Å². The summed E-state index contributed by atoms with van der Waals surface area (Å²) in [6.45, 7) is 1.85. The Morgan fingerprint density at radius 1 is 1.47 bits per heavy atom. The number of aromatic nitrogens is 3. The van der Waals surface area contributed by atoms with Gasteiger partial charge in [0.1, 0.15) is 5.84 Å². The summed E-state index contributed by atoms with van der Waals surface area (Å²) in [4.78, 5) is 4.22. The van der Waals surface area contributed by atoms with E-state index in [1.54, 1.807) is 36.3 Å². The number of nitrogens with zero attached hydrogens (tertiary/aromatic N) is 3. The molecule has 0 aromatic carbocycles. The number of nitrogens with two attached hydrogens (primary N) is 1. The first-order valence-corrected chi connectivity index (χ1v) is 5.05. The summed E-state index contributed by atoms with van der Waals surface area (Å²) in [5.41, 5.74) is 6.74. The maximum atomic E-state index is 7.45. The summed E-state index contributed by atoms with van der Waals surface area (Å²) >= 11 is 0. The first-order chi connectivity index (χ1) is 8.06. The molecule has 0 aliphatic heterocycles. The molecule has 2 aromatic heterocycles. The minimum atomic E-state index is -0.0728. The van der Waals surface area contributed by atoms with Gasteiger partial charge < -0.3 is 10.5 Å². The molecule has 0 spiro atoms. The molecule has 0 atom stereocenters. The Hall–Kier alpha value is -2.37. The molecule has 6 nitrogen and oxygen atoms in total. The zero-order chi connectivity index (χ0) is 12.4. The van der Waals surface area contributed by atoms with Crippen molar-refractivity contribution in [2.45, 2.75) is 6.92 Å². The van der Waals surface area contributed by atoms with Gasteiger partial charge >= 0.3 is 0 Å². The van der Waals surface area contributed by atoms with Gasteiger partial charge in [-0.25, -0.2) is 4.98 Å². The lowest BCUT2D eigenvalue weighted by molar-refractivity contribution is 0.460. The minimum Gasteiger partial charge on any atom is -0.435 e. The van der Waals surface area contributed by atoms with E-state index in [1.807, 2.05) is 6.92 Å². The van der Waals surface area contributed by atoms with E-state index in [2.05, 4.69) is 10.1 Å². The lowest BCUT2D eigenvalue weighted by Gasteiger charge is -2.07. The molecule has 3 N–H and O–H groups in total. The number of hydrogen-bond donors (Lipinski definition) is 2. The fourth-order valence-corrected chi connectivity index (χ4v) is 1.38. The summed E-state index contributed by atoms with van der Waals surface area (Å²) in [6.07, 6.45) is 3.29. The van der Waals surface area contributed by atoms with Crippen LogP contribution in [0.1, 0.15) is 11.3 Å². The Balaban J connectivity index is 2.37. The van der Waals surface area contributed by atoms with Gasteiger partial charge in [0.2, 0.25) is 5.88 Å². The number of nitrogen functional groups attached to an aromatic ring is 1. The molecule has 0 aliphatic rings. The van der Waals surface area contributed by atoms with Crippen LogP contribution in [0.2, 0.25) is 0 Å². The molecule has 0 aliphatic carbocycles. The number of rotatable bonds is 3. The third-order valence-corrected chi connectivity index (χ3v) is 2.19. The van der Waals surface area contributed by atoms with E-state index in [9.17, 15) is 0 Å². The van der Waals surface area contributed by atoms with Crippen LogP contribution < -0.4 is 10.5 Å². The van der Waals surface area contributed by atoms with Gasteiger partial charge in [0.05, 0.1) is 18.0 Å². The number of hydrogen-bond acceptors (Lipinski definition) is 4. The number of nitrogens with one attached hydrogen (secondary N) is 1. The second kappa shape index (κ2) is 4.25. The molecular formula is C11H13N5O. The van der Waals surface area contributed by atoms with Gasteiger partial charge in [0, 0.05) is 12.7 Å². The van der Waals surface area contributed by atoms with Crippen LogP contribution in [0.15, 0.2) is 24.5 Å². The quantitative estimate of drug-likeness (QED) is 0.613. The molecule has 2 rings (SSSR count). The van der Waals surface area contributed by atoms with Gasteiger partial charge in [-0.05, 0) is 19.1 Å². The molecule has 2 aromatic rings. The summed E-state index contributed by atoms with van der Waals surface area (Å²) < 4.78 is 7.18. The van der Waals surface area contributed by atoms with E-state index >= 15 is 0 Å². The van der Waals surface area contributed by atoms with Crippen molar-refractivity contribution in [3.05, 3.63) is 35.8 Å². The van der Waals surface area contributed by atoms with E-state index in [0.29, 0.717) is 17.2 Å². The first kappa shape index (κ1) is 11.1. The molecule has 17 heavy (non-hydrogen) atoms. The molecule has 0 unspecified atom stereocenters. The van der Waals surface area contributed by atoms with Crippen LogP contribution >= 0.6 is 0 Å². The second-order valence-corrected chi connectivity index (χ2v) is 3.67. The predicted molar refractivity (Wildman–Crippen MR) is 63.3 cm³/mol. The molecule has 2 heterocycles. The third-order valence-electron chi connectivity index (χ3n) is 2.19. The summed E-state index contributed by atoms with van der Waals surface area (Å²) in [7, 11) is 1.79. The Bertz CT molecular complexity index is 561. The van der Waals surface area contributed by atoms with Crippen LogP contribution in [0.5, 0.6) is 11.6 Å². The van der Waals surface area contributed by atoms with Crippen LogP contribution in [-0.2, 0) is 7.05 Å². The van der Waals surface area contributed by atoms with Gasteiger partial charge in [0.25, 0.3) is 0 Å². The van der Waals surface area contributed by atoms with Gasteiger partial charge in [-0.3, -0.25) is 10.1 Å². The molecule has 0 radical (unpaired) electrons. The van der Waals surface area contributed by atoms with E-state index in [-0.39, 0.29) is 5.84 Å². The van der Waals surface area contributed by atoms with Crippen LogP contribution in [-0.4, -0.2) is 20.6 Å². The third kappa shape index (κ3) is 2.41. The summed E-state index contributed by atoms with van der Waals surface area (Å²) in [6, 6.07) is 3.50. The number of aryl methyl sites for hydroxylation is 2. The van der Waals surface area contributed by atoms with Crippen molar-refractivity contribution in [3.8, 4) is 11.6 Å². The number of ether oxygens (including phenoxy) is 1. The van der Waals surface area contributed by atoms with Gasteiger partial charge in [-0.15, -0.1) is 0 Å². The SMILES string of the molecule is Cc1ccc(C(=N)N)c(Oc2cnn(C)c2)n1. The average molecular weight is 231 g/mol. The Kier molecular flexibility index (Phi) is 2.78. The lowest BCUT2D eigenvalue weighted by Crippen LogP contribution is -2.13. The average Bonchev–Trinajstić information content (AvgIpc) is 2.63. The second-order valence-electron chi connectivity index (χ2n) is 3.67. The highest BCUT2D eigenvalue weighted by Crippen LogP contribution is 2.22. The fourth-order valence-electron chi connectivity index (χ4n) is 1.38. The maximum Gasteiger partial charge on any atom is 0.230 e. The van der Waals surface area contributed by atoms with Crippen LogP contribution in [0.4, 0.5) is 0 Å². The predicted octanol–water partition coefficient (Wildman–Crippen LogP) is 1.20. The van der Waals surface area contributed by atoms with Gasteiger partial charge in [-0.1, -0.05) is 0 Å².